The SMILES string of the molecule is O=S(=O)(c1sccc1Br)c1sccc1Br. The summed E-state index contributed by atoms with van der Waals surface area (Å²) in [4.78, 5) is 0. The minimum Gasteiger partial charge on any atom is -0.217 e. The Bertz CT molecular complexity index is 536. The molecule has 80 valence electrons. The molecule has 0 aliphatic carbocycles. The van der Waals surface area contributed by atoms with Crippen molar-refractivity contribution in [1.29, 1.82) is 0 Å². The molecule has 0 saturated carbocycles. The van der Waals surface area contributed by atoms with Crippen molar-refractivity contribution in [2.45, 2.75) is 8.42 Å². The van der Waals surface area contributed by atoms with Gasteiger partial charge >= 0.3 is 0 Å². The number of hydrogen-bond donors (Lipinski definition) is 0. The van der Waals surface area contributed by atoms with Crippen LogP contribution in [0.5, 0.6) is 0 Å². The molecule has 2 aromatic heterocycles. The second-order valence-electron chi connectivity index (χ2n) is 2.62. The number of sulfone groups is 1. The monoisotopic (exact) mass is 386 g/mol. The van der Waals surface area contributed by atoms with Gasteiger partial charge < -0.3 is 0 Å². The topological polar surface area (TPSA) is 34.1 Å². The first-order valence-electron chi connectivity index (χ1n) is 3.74. The molecule has 15 heavy (non-hydrogen) atoms. The van der Waals surface area contributed by atoms with Gasteiger partial charge in [-0.05, 0) is 54.8 Å². The minimum atomic E-state index is -3.37. The van der Waals surface area contributed by atoms with Crippen LogP contribution in [0, 0.1) is 0 Å². The Morgan fingerprint density at radius 3 is 1.60 bits per heavy atom. The highest BCUT2D eigenvalue weighted by Gasteiger charge is 2.25. The van der Waals surface area contributed by atoms with Crippen LogP contribution in [-0.2, 0) is 9.84 Å². The molecule has 0 aromatic carbocycles. The first-order valence-corrected chi connectivity index (χ1v) is 8.57. The zero-order chi connectivity index (χ0) is 11.1. The fourth-order valence-electron chi connectivity index (χ4n) is 1.03. The van der Waals surface area contributed by atoms with E-state index >= 15 is 0 Å². The Balaban J connectivity index is 2.64. The maximum atomic E-state index is 12.2. The number of hydrogen-bond acceptors (Lipinski definition) is 4. The van der Waals surface area contributed by atoms with Gasteiger partial charge in [0.1, 0.15) is 8.42 Å². The van der Waals surface area contributed by atoms with Gasteiger partial charge in [-0.3, -0.25) is 0 Å². The standard InChI is InChI=1S/C8H4Br2O2S3/c9-5-1-3-13-7(5)15(11,12)8-6(10)2-4-14-8/h1-4H. The zero-order valence-electron chi connectivity index (χ0n) is 7.11. The van der Waals surface area contributed by atoms with E-state index < -0.39 is 9.84 Å². The minimum absolute atomic E-state index is 0.352. The molecule has 7 heteroatoms. The summed E-state index contributed by atoms with van der Waals surface area (Å²) >= 11 is 8.89. The molecule has 0 N–H and O–H groups in total. The van der Waals surface area contributed by atoms with Gasteiger partial charge in [0.05, 0.1) is 0 Å². The average molecular weight is 388 g/mol. The predicted octanol–water partition coefficient (Wildman–Crippen LogP) is 4.17. The van der Waals surface area contributed by atoms with Crippen molar-refractivity contribution in [1.82, 2.24) is 0 Å². The molecule has 0 saturated heterocycles. The van der Waals surface area contributed by atoms with E-state index in [0.717, 1.165) is 0 Å². The summed E-state index contributed by atoms with van der Waals surface area (Å²) in [5.41, 5.74) is 0. The van der Waals surface area contributed by atoms with E-state index in [-0.39, 0.29) is 0 Å². The summed E-state index contributed by atoms with van der Waals surface area (Å²) in [5, 5.41) is 3.50. The fraction of sp³-hybridized carbons (Fsp3) is 0. The molecule has 2 rings (SSSR count). The van der Waals surface area contributed by atoms with Crippen LogP contribution in [-0.4, -0.2) is 8.42 Å². The highest BCUT2D eigenvalue weighted by atomic mass is 79.9. The van der Waals surface area contributed by atoms with Crippen LogP contribution in [0.25, 0.3) is 0 Å². The van der Waals surface area contributed by atoms with Crippen LogP contribution in [0.3, 0.4) is 0 Å². The number of rotatable bonds is 2. The third-order valence-corrected chi connectivity index (χ3v) is 8.75. The van der Waals surface area contributed by atoms with Crippen molar-refractivity contribution in [3.63, 3.8) is 0 Å². The summed E-state index contributed by atoms with van der Waals surface area (Å²) in [6.07, 6.45) is 0. The van der Waals surface area contributed by atoms with Gasteiger partial charge in [-0.2, -0.15) is 0 Å². The molecule has 0 spiro atoms. The lowest BCUT2D eigenvalue weighted by Gasteiger charge is -1.99. The second-order valence-corrected chi connectivity index (χ2v) is 8.50. The third kappa shape index (κ3) is 2.08. The van der Waals surface area contributed by atoms with Crippen molar-refractivity contribution < 1.29 is 8.42 Å². The number of halogens is 2. The third-order valence-electron chi connectivity index (χ3n) is 1.66. The van der Waals surface area contributed by atoms with Gasteiger partial charge in [-0.15, -0.1) is 22.7 Å². The van der Waals surface area contributed by atoms with Crippen LogP contribution in [0.1, 0.15) is 0 Å². The van der Waals surface area contributed by atoms with Gasteiger partial charge in [0.15, 0.2) is 0 Å². The van der Waals surface area contributed by atoms with Gasteiger partial charge in [-0.1, -0.05) is 0 Å². The Kier molecular flexibility index (Phi) is 3.37. The van der Waals surface area contributed by atoms with Gasteiger partial charge in [-0.25, -0.2) is 8.42 Å². The molecule has 0 atom stereocenters. The van der Waals surface area contributed by atoms with Gasteiger partial charge in [0, 0.05) is 8.95 Å². The van der Waals surface area contributed by atoms with E-state index in [1.807, 2.05) is 0 Å². The maximum Gasteiger partial charge on any atom is 0.227 e. The molecule has 2 nitrogen and oxygen atoms in total. The molecule has 0 amide bonds. The molecule has 0 radical (unpaired) electrons. The van der Waals surface area contributed by atoms with Crippen molar-refractivity contribution in [2.75, 3.05) is 0 Å². The summed E-state index contributed by atoms with van der Waals surface area (Å²) in [7, 11) is -3.37. The van der Waals surface area contributed by atoms with Crippen LogP contribution in [0.4, 0.5) is 0 Å². The van der Waals surface area contributed by atoms with Gasteiger partial charge in [0.25, 0.3) is 0 Å². The lowest BCUT2D eigenvalue weighted by molar-refractivity contribution is 0.599. The molecular weight excluding hydrogens is 384 g/mol. The normalized spacial score (nSPS) is 11.9. The van der Waals surface area contributed by atoms with Crippen molar-refractivity contribution in [3.8, 4) is 0 Å². The Labute approximate surface area is 112 Å². The number of thiophene rings is 2. The molecule has 0 fully saturated rings. The molecule has 0 bridgehead atoms. The summed E-state index contributed by atoms with van der Waals surface area (Å²) in [5.74, 6) is 0. The fourth-order valence-corrected chi connectivity index (χ4v) is 7.32. The molecular formula is C8H4Br2O2S3. The van der Waals surface area contributed by atoms with E-state index in [4.69, 9.17) is 0 Å². The van der Waals surface area contributed by atoms with Crippen molar-refractivity contribution >= 4 is 64.4 Å². The Morgan fingerprint density at radius 1 is 0.933 bits per heavy atom. The molecule has 0 aliphatic heterocycles. The quantitative estimate of drug-likeness (QED) is 0.774. The summed E-state index contributed by atoms with van der Waals surface area (Å²) in [6, 6.07) is 3.47. The Hall–Kier alpha value is 0.310. The highest BCUT2D eigenvalue weighted by Crippen LogP contribution is 2.37. The molecule has 2 aromatic rings. The first-order chi connectivity index (χ1) is 7.03. The van der Waals surface area contributed by atoms with E-state index in [1.165, 1.54) is 22.7 Å². The Morgan fingerprint density at radius 2 is 1.33 bits per heavy atom. The smallest absolute Gasteiger partial charge is 0.217 e. The largest absolute Gasteiger partial charge is 0.227 e. The summed E-state index contributed by atoms with van der Waals surface area (Å²) in [6.45, 7) is 0. The average Bonchev–Trinajstić information content (AvgIpc) is 2.73. The van der Waals surface area contributed by atoms with Crippen molar-refractivity contribution in [2.24, 2.45) is 0 Å². The van der Waals surface area contributed by atoms with Gasteiger partial charge in [0.2, 0.25) is 9.84 Å². The van der Waals surface area contributed by atoms with Crippen LogP contribution in [0.2, 0.25) is 0 Å². The summed E-state index contributed by atoms with van der Waals surface area (Å²) < 4.78 is 26.3. The zero-order valence-corrected chi connectivity index (χ0v) is 12.7. The second kappa shape index (κ2) is 4.29. The maximum absolute atomic E-state index is 12.2. The van der Waals surface area contributed by atoms with E-state index in [1.54, 1.807) is 22.9 Å². The highest BCUT2D eigenvalue weighted by molar-refractivity contribution is 9.11. The van der Waals surface area contributed by atoms with Crippen molar-refractivity contribution in [3.05, 3.63) is 31.8 Å². The van der Waals surface area contributed by atoms with E-state index in [0.29, 0.717) is 17.4 Å². The molecule has 0 unspecified atom stereocenters. The first kappa shape index (κ1) is 11.8. The van der Waals surface area contributed by atoms with E-state index in [9.17, 15) is 8.42 Å². The van der Waals surface area contributed by atoms with E-state index in [2.05, 4.69) is 31.9 Å². The molecule has 2 heterocycles. The molecule has 0 aliphatic rings. The van der Waals surface area contributed by atoms with Crippen LogP contribution in [0.15, 0.2) is 40.3 Å². The van der Waals surface area contributed by atoms with Crippen LogP contribution >= 0.6 is 54.5 Å². The lowest BCUT2D eigenvalue weighted by atomic mass is 10.7. The van der Waals surface area contributed by atoms with Crippen LogP contribution < -0.4 is 0 Å². The predicted molar refractivity (Wildman–Crippen MR) is 69.5 cm³/mol. The lowest BCUT2D eigenvalue weighted by Crippen LogP contribution is -1.98.